The molecular weight excluding hydrogens is 635 g/mol. The van der Waals surface area contributed by atoms with E-state index in [1.807, 2.05) is 30.5 Å². The standard InChI is InChI=1S/C49H29NO2/c1-2-12-30(13-3-1)33-14-4-5-15-34(33)47-37-18-8-6-16-35(37)46(36-17-7-9-19-38(36)47)32-23-25-41(50-29-32)31-22-24-40-45(28-31)52-44-27-26-43-48(49(40)44)39-20-10-11-21-42(39)51-43/h1-29H. The lowest BCUT2D eigenvalue weighted by atomic mass is 9.84. The molecule has 0 saturated heterocycles. The van der Waals surface area contributed by atoms with Gasteiger partial charge in [-0.1, -0.05) is 133 Å². The molecule has 11 aromatic rings. The summed E-state index contributed by atoms with van der Waals surface area (Å²) in [7, 11) is 0. The van der Waals surface area contributed by atoms with Crippen molar-refractivity contribution >= 4 is 65.4 Å². The van der Waals surface area contributed by atoms with E-state index in [1.165, 1.54) is 49.4 Å². The third-order valence-corrected chi connectivity index (χ3v) is 10.5. The number of para-hydroxylation sites is 1. The van der Waals surface area contributed by atoms with Gasteiger partial charge in [0.2, 0.25) is 0 Å². The van der Waals surface area contributed by atoms with Gasteiger partial charge in [0.15, 0.2) is 0 Å². The number of rotatable bonds is 4. The second-order valence-electron chi connectivity index (χ2n) is 13.4. The zero-order valence-corrected chi connectivity index (χ0v) is 28.0. The van der Waals surface area contributed by atoms with Crippen molar-refractivity contribution < 1.29 is 8.83 Å². The van der Waals surface area contributed by atoms with E-state index < -0.39 is 0 Å². The quantitative estimate of drug-likeness (QED) is 0.176. The first-order chi connectivity index (χ1) is 25.8. The van der Waals surface area contributed by atoms with Crippen LogP contribution in [0.4, 0.5) is 0 Å². The summed E-state index contributed by atoms with van der Waals surface area (Å²) in [5.41, 5.74) is 12.5. The molecule has 3 heteroatoms. The number of aromatic nitrogens is 1. The van der Waals surface area contributed by atoms with Crippen LogP contribution in [0.2, 0.25) is 0 Å². The number of hydrogen-bond donors (Lipinski definition) is 0. The number of benzene rings is 8. The summed E-state index contributed by atoms with van der Waals surface area (Å²) in [6.45, 7) is 0. The second kappa shape index (κ2) is 11.3. The van der Waals surface area contributed by atoms with E-state index >= 15 is 0 Å². The van der Waals surface area contributed by atoms with Crippen molar-refractivity contribution in [3.8, 4) is 44.6 Å². The highest BCUT2D eigenvalue weighted by Crippen LogP contribution is 2.46. The summed E-state index contributed by atoms with van der Waals surface area (Å²) in [5.74, 6) is 0. The molecule has 0 atom stereocenters. The van der Waals surface area contributed by atoms with Crippen LogP contribution in [0, 0.1) is 0 Å². The largest absolute Gasteiger partial charge is 0.456 e. The van der Waals surface area contributed by atoms with E-state index in [2.05, 4.69) is 146 Å². The highest BCUT2D eigenvalue weighted by molar-refractivity contribution is 6.26. The zero-order chi connectivity index (χ0) is 34.2. The van der Waals surface area contributed by atoms with Crippen LogP contribution in [0.25, 0.3) is 110 Å². The molecule has 242 valence electrons. The topological polar surface area (TPSA) is 39.2 Å². The molecule has 0 spiro atoms. The van der Waals surface area contributed by atoms with Crippen molar-refractivity contribution in [2.45, 2.75) is 0 Å². The molecule has 0 bridgehead atoms. The van der Waals surface area contributed by atoms with Gasteiger partial charge in [-0.2, -0.15) is 0 Å². The van der Waals surface area contributed by atoms with Gasteiger partial charge in [0, 0.05) is 38.9 Å². The maximum atomic E-state index is 6.45. The summed E-state index contributed by atoms with van der Waals surface area (Å²) in [6, 6.07) is 59.9. The number of fused-ring (bicyclic) bond motifs is 9. The van der Waals surface area contributed by atoms with Crippen LogP contribution in [0.1, 0.15) is 0 Å². The number of nitrogens with zero attached hydrogens (tertiary/aromatic N) is 1. The zero-order valence-electron chi connectivity index (χ0n) is 28.0. The molecule has 11 rings (SSSR count). The molecule has 0 N–H and O–H groups in total. The van der Waals surface area contributed by atoms with E-state index in [1.54, 1.807) is 0 Å². The van der Waals surface area contributed by atoms with Gasteiger partial charge in [-0.05, 0) is 85.8 Å². The number of hydrogen-bond acceptors (Lipinski definition) is 3. The van der Waals surface area contributed by atoms with Gasteiger partial charge in [-0.15, -0.1) is 0 Å². The van der Waals surface area contributed by atoms with Gasteiger partial charge in [0.1, 0.15) is 22.3 Å². The lowest BCUT2D eigenvalue weighted by Gasteiger charge is -2.19. The minimum atomic E-state index is 0.833. The fourth-order valence-electron chi connectivity index (χ4n) is 8.25. The molecule has 0 amide bonds. The third-order valence-electron chi connectivity index (χ3n) is 10.5. The summed E-state index contributed by atoms with van der Waals surface area (Å²) >= 11 is 0. The number of furan rings is 2. The third kappa shape index (κ3) is 4.30. The van der Waals surface area contributed by atoms with Crippen LogP contribution in [0.5, 0.6) is 0 Å². The van der Waals surface area contributed by atoms with E-state index in [0.29, 0.717) is 0 Å². The minimum Gasteiger partial charge on any atom is -0.456 e. The van der Waals surface area contributed by atoms with Crippen LogP contribution in [-0.4, -0.2) is 4.98 Å². The molecule has 0 unspecified atom stereocenters. The van der Waals surface area contributed by atoms with E-state index in [4.69, 9.17) is 13.8 Å². The smallest absolute Gasteiger partial charge is 0.136 e. The molecule has 52 heavy (non-hydrogen) atoms. The van der Waals surface area contributed by atoms with Crippen molar-refractivity contribution in [1.29, 1.82) is 0 Å². The predicted octanol–water partition coefficient (Wildman–Crippen LogP) is 13.9. The van der Waals surface area contributed by atoms with E-state index in [0.717, 1.165) is 60.7 Å². The Labute approximate surface area is 299 Å². The molecule has 0 saturated carbocycles. The first kappa shape index (κ1) is 28.8. The summed E-state index contributed by atoms with van der Waals surface area (Å²) < 4.78 is 12.6. The van der Waals surface area contributed by atoms with Crippen LogP contribution in [-0.2, 0) is 0 Å². The van der Waals surface area contributed by atoms with Crippen LogP contribution >= 0.6 is 0 Å². The van der Waals surface area contributed by atoms with Crippen molar-refractivity contribution in [3.63, 3.8) is 0 Å². The second-order valence-corrected chi connectivity index (χ2v) is 13.4. The van der Waals surface area contributed by atoms with Crippen LogP contribution in [0.15, 0.2) is 185 Å². The van der Waals surface area contributed by atoms with Gasteiger partial charge >= 0.3 is 0 Å². The van der Waals surface area contributed by atoms with Crippen molar-refractivity contribution in [1.82, 2.24) is 4.98 Å². The lowest BCUT2D eigenvalue weighted by Crippen LogP contribution is -1.93. The molecule has 3 nitrogen and oxygen atoms in total. The molecule has 3 aromatic heterocycles. The first-order valence-corrected chi connectivity index (χ1v) is 17.6. The van der Waals surface area contributed by atoms with Gasteiger partial charge in [0.25, 0.3) is 0 Å². The van der Waals surface area contributed by atoms with E-state index in [9.17, 15) is 0 Å². The molecule has 0 aliphatic heterocycles. The fraction of sp³-hybridized carbons (Fsp3) is 0. The Morgan fingerprint density at radius 3 is 1.54 bits per heavy atom. The number of pyridine rings is 1. The fourth-order valence-corrected chi connectivity index (χ4v) is 8.25. The molecule has 8 aromatic carbocycles. The normalized spacial score (nSPS) is 11.8. The molecule has 0 radical (unpaired) electrons. The van der Waals surface area contributed by atoms with Gasteiger partial charge in [-0.3, -0.25) is 4.98 Å². The SMILES string of the molecule is c1ccc(-c2ccccc2-c2c3ccccc3c(-c3ccc(-c4ccc5c(c4)oc4ccc6oc7ccccc7c6c45)nc3)c3ccccc23)cc1. The Morgan fingerprint density at radius 1 is 0.327 bits per heavy atom. The van der Waals surface area contributed by atoms with Gasteiger partial charge in [0.05, 0.1) is 5.69 Å². The van der Waals surface area contributed by atoms with E-state index in [-0.39, 0.29) is 0 Å². The maximum absolute atomic E-state index is 6.45. The highest BCUT2D eigenvalue weighted by Gasteiger charge is 2.20. The summed E-state index contributed by atoms with van der Waals surface area (Å²) in [4.78, 5) is 5.06. The minimum absolute atomic E-state index is 0.833. The summed E-state index contributed by atoms with van der Waals surface area (Å²) in [5, 5.41) is 9.19. The molecule has 0 aliphatic rings. The first-order valence-electron chi connectivity index (χ1n) is 17.6. The molecule has 3 heterocycles. The van der Waals surface area contributed by atoms with Gasteiger partial charge < -0.3 is 8.83 Å². The Kier molecular flexibility index (Phi) is 6.25. The Balaban J connectivity index is 1.06. The molecule has 0 aliphatic carbocycles. The monoisotopic (exact) mass is 663 g/mol. The Hall–Kier alpha value is -6.97. The predicted molar refractivity (Wildman–Crippen MR) is 216 cm³/mol. The van der Waals surface area contributed by atoms with Crippen molar-refractivity contribution in [2.75, 3.05) is 0 Å². The average Bonchev–Trinajstić information content (AvgIpc) is 3.78. The van der Waals surface area contributed by atoms with Crippen molar-refractivity contribution in [3.05, 3.63) is 176 Å². The summed E-state index contributed by atoms with van der Waals surface area (Å²) in [6.07, 6.45) is 2.02. The van der Waals surface area contributed by atoms with Crippen LogP contribution < -0.4 is 0 Å². The lowest BCUT2D eigenvalue weighted by molar-refractivity contribution is 0.663. The Bertz CT molecular complexity index is 3110. The van der Waals surface area contributed by atoms with Crippen LogP contribution in [0.3, 0.4) is 0 Å². The van der Waals surface area contributed by atoms with Gasteiger partial charge in [-0.25, -0.2) is 0 Å². The average molecular weight is 664 g/mol. The molecule has 0 fully saturated rings. The molecular formula is C49H29NO2. The highest BCUT2D eigenvalue weighted by atomic mass is 16.3. The maximum Gasteiger partial charge on any atom is 0.136 e. The van der Waals surface area contributed by atoms with Crippen molar-refractivity contribution in [2.24, 2.45) is 0 Å². The Morgan fingerprint density at radius 2 is 0.865 bits per heavy atom.